The number of nitrogens with two attached hydrogens (primary N) is 1. The number of aliphatic imine (C=N–C) groups is 1. The van der Waals surface area contributed by atoms with Gasteiger partial charge in [-0.3, -0.25) is 9.89 Å². The molecule has 1 atom stereocenters. The van der Waals surface area contributed by atoms with Crippen LogP contribution in [0.4, 0.5) is 5.69 Å². The summed E-state index contributed by atoms with van der Waals surface area (Å²) in [6.07, 6.45) is 3.81. The van der Waals surface area contributed by atoms with Crippen molar-refractivity contribution >= 4 is 35.6 Å². The molecule has 0 saturated carbocycles. The molecule has 1 heterocycles. The van der Waals surface area contributed by atoms with Crippen LogP contribution in [0.2, 0.25) is 0 Å². The van der Waals surface area contributed by atoms with Gasteiger partial charge in [-0.1, -0.05) is 32.0 Å². The van der Waals surface area contributed by atoms with Crippen LogP contribution in [0.1, 0.15) is 33.1 Å². The van der Waals surface area contributed by atoms with E-state index >= 15 is 0 Å². The molecule has 124 valence electrons. The van der Waals surface area contributed by atoms with E-state index in [0.717, 1.165) is 12.2 Å². The molecule has 1 saturated heterocycles. The minimum atomic E-state index is 0. The van der Waals surface area contributed by atoms with Crippen molar-refractivity contribution in [3.8, 4) is 0 Å². The molecule has 1 aromatic carbocycles. The molecule has 2 rings (SSSR count). The molecule has 3 N–H and O–H groups in total. The molecule has 1 aliphatic heterocycles. The number of nitrogens with zero attached hydrogens (tertiary/aromatic N) is 2. The largest absolute Gasteiger partial charge is 0.370 e. The summed E-state index contributed by atoms with van der Waals surface area (Å²) in [6.45, 7) is 7.75. The second-order valence-electron chi connectivity index (χ2n) is 6.24. The number of hydrogen-bond acceptors (Lipinski definition) is 2. The van der Waals surface area contributed by atoms with Crippen LogP contribution in [0.5, 0.6) is 0 Å². The van der Waals surface area contributed by atoms with Crippen LogP contribution in [-0.2, 0) is 0 Å². The smallest absolute Gasteiger partial charge is 0.193 e. The molecule has 0 radical (unpaired) electrons. The number of hydrogen-bond donors (Lipinski definition) is 2. The van der Waals surface area contributed by atoms with Crippen molar-refractivity contribution in [2.24, 2.45) is 16.6 Å². The molecule has 1 aliphatic rings. The Morgan fingerprint density at radius 3 is 2.45 bits per heavy atom. The maximum Gasteiger partial charge on any atom is 0.193 e. The molecule has 4 nitrogen and oxygen atoms in total. The number of guanidine groups is 1. The highest BCUT2D eigenvalue weighted by Crippen LogP contribution is 2.18. The molecule has 0 bridgehead atoms. The molecular formula is C17H29IN4. The van der Waals surface area contributed by atoms with E-state index in [9.17, 15) is 0 Å². The third-order valence-corrected chi connectivity index (χ3v) is 3.92. The van der Waals surface area contributed by atoms with E-state index in [1.165, 1.54) is 32.4 Å². The zero-order valence-electron chi connectivity index (χ0n) is 13.7. The zero-order chi connectivity index (χ0) is 15.1. The third kappa shape index (κ3) is 6.52. The Balaban J connectivity index is 0.00000242. The molecule has 0 amide bonds. The Morgan fingerprint density at radius 2 is 1.86 bits per heavy atom. The quantitative estimate of drug-likeness (QED) is 0.424. The molecule has 5 heteroatoms. The van der Waals surface area contributed by atoms with Gasteiger partial charge in [-0.25, -0.2) is 0 Å². The lowest BCUT2D eigenvalue weighted by Gasteiger charge is -2.27. The molecule has 0 spiro atoms. The Morgan fingerprint density at radius 1 is 1.23 bits per heavy atom. The molecule has 1 aromatic rings. The van der Waals surface area contributed by atoms with Gasteiger partial charge in [0.1, 0.15) is 0 Å². The van der Waals surface area contributed by atoms with Gasteiger partial charge in [0.05, 0.1) is 6.54 Å². The van der Waals surface area contributed by atoms with Crippen molar-refractivity contribution in [3.63, 3.8) is 0 Å². The van der Waals surface area contributed by atoms with Crippen LogP contribution >= 0.6 is 24.0 Å². The minimum Gasteiger partial charge on any atom is -0.370 e. The van der Waals surface area contributed by atoms with E-state index < -0.39 is 0 Å². The second-order valence-corrected chi connectivity index (χ2v) is 6.24. The predicted octanol–water partition coefficient (Wildman–Crippen LogP) is 3.54. The highest BCUT2D eigenvalue weighted by atomic mass is 127. The topological polar surface area (TPSA) is 53.6 Å². The molecule has 22 heavy (non-hydrogen) atoms. The van der Waals surface area contributed by atoms with Gasteiger partial charge < -0.3 is 11.1 Å². The number of para-hydroxylation sites is 1. The minimum absolute atomic E-state index is 0. The van der Waals surface area contributed by atoms with Crippen molar-refractivity contribution in [3.05, 3.63) is 30.3 Å². The molecule has 0 aromatic heterocycles. The number of anilines is 1. The van der Waals surface area contributed by atoms with E-state index in [1.54, 1.807) is 0 Å². The number of nitrogens with one attached hydrogen (secondary N) is 1. The SMILES string of the molecule is CC(C)CC(CN=C(N)Nc1ccccc1)N1CCCC1.I. The van der Waals surface area contributed by atoms with Crippen LogP contribution in [0.15, 0.2) is 35.3 Å². The van der Waals surface area contributed by atoms with Gasteiger partial charge in [0.2, 0.25) is 0 Å². The lowest BCUT2D eigenvalue weighted by atomic mass is 10.0. The molecule has 1 fully saturated rings. The highest BCUT2D eigenvalue weighted by molar-refractivity contribution is 14.0. The lowest BCUT2D eigenvalue weighted by Crippen LogP contribution is -2.37. The van der Waals surface area contributed by atoms with Crippen molar-refractivity contribution < 1.29 is 0 Å². The Bertz CT molecular complexity index is 441. The Labute approximate surface area is 151 Å². The van der Waals surface area contributed by atoms with E-state index in [4.69, 9.17) is 5.73 Å². The van der Waals surface area contributed by atoms with Gasteiger partial charge in [-0.15, -0.1) is 24.0 Å². The Hall–Kier alpha value is -0.820. The fourth-order valence-electron chi connectivity index (χ4n) is 2.90. The summed E-state index contributed by atoms with van der Waals surface area (Å²) in [6, 6.07) is 10.5. The fraction of sp³-hybridized carbons (Fsp3) is 0.588. The van der Waals surface area contributed by atoms with Crippen LogP contribution in [0.25, 0.3) is 0 Å². The lowest BCUT2D eigenvalue weighted by molar-refractivity contribution is 0.218. The van der Waals surface area contributed by atoms with Crippen molar-refractivity contribution in [1.82, 2.24) is 4.90 Å². The Kier molecular flexibility index (Phi) is 8.78. The van der Waals surface area contributed by atoms with Crippen LogP contribution < -0.4 is 11.1 Å². The predicted molar refractivity (Wildman–Crippen MR) is 106 cm³/mol. The summed E-state index contributed by atoms with van der Waals surface area (Å²) >= 11 is 0. The molecular weight excluding hydrogens is 387 g/mol. The summed E-state index contributed by atoms with van der Waals surface area (Å²) in [4.78, 5) is 7.13. The number of halogens is 1. The van der Waals surface area contributed by atoms with Gasteiger partial charge in [-0.05, 0) is 50.4 Å². The number of likely N-dealkylation sites (tertiary alicyclic amines) is 1. The van der Waals surface area contributed by atoms with Crippen molar-refractivity contribution in [2.45, 2.75) is 39.2 Å². The highest BCUT2D eigenvalue weighted by Gasteiger charge is 2.22. The average Bonchev–Trinajstić information content (AvgIpc) is 2.98. The van der Waals surface area contributed by atoms with E-state index in [-0.39, 0.29) is 24.0 Å². The zero-order valence-corrected chi connectivity index (χ0v) is 16.0. The normalized spacial score (nSPS) is 17.3. The maximum absolute atomic E-state index is 6.00. The maximum atomic E-state index is 6.00. The van der Waals surface area contributed by atoms with Gasteiger partial charge >= 0.3 is 0 Å². The van der Waals surface area contributed by atoms with Gasteiger partial charge in [0, 0.05) is 11.7 Å². The molecule has 0 aliphatic carbocycles. The third-order valence-electron chi connectivity index (χ3n) is 3.92. The van der Waals surface area contributed by atoms with Gasteiger partial charge in [0.25, 0.3) is 0 Å². The summed E-state index contributed by atoms with van der Waals surface area (Å²) in [7, 11) is 0. The summed E-state index contributed by atoms with van der Waals surface area (Å²) in [5.41, 5.74) is 6.99. The first-order chi connectivity index (χ1) is 10.1. The first kappa shape index (κ1) is 19.2. The fourth-order valence-corrected chi connectivity index (χ4v) is 2.90. The van der Waals surface area contributed by atoms with Crippen LogP contribution in [-0.4, -0.2) is 36.5 Å². The van der Waals surface area contributed by atoms with Crippen molar-refractivity contribution in [1.29, 1.82) is 0 Å². The summed E-state index contributed by atoms with van der Waals surface area (Å²) < 4.78 is 0. The van der Waals surface area contributed by atoms with Crippen LogP contribution in [0.3, 0.4) is 0 Å². The first-order valence-electron chi connectivity index (χ1n) is 8.01. The average molecular weight is 416 g/mol. The summed E-state index contributed by atoms with van der Waals surface area (Å²) in [5.74, 6) is 1.20. The van der Waals surface area contributed by atoms with E-state index in [0.29, 0.717) is 17.9 Å². The van der Waals surface area contributed by atoms with E-state index in [2.05, 4.69) is 29.1 Å². The first-order valence-corrected chi connectivity index (χ1v) is 8.01. The van der Waals surface area contributed by atoms with Gasteiger partial charge in [-0.2, -0.15) is 0 Å². The molecule has 1 unspecified atom stereocenters. The van der Waals surface area contributed by atoms with Crippen molar-refractivity contribution in [2.75, 3.05) is 25.0 Å². The monoisotopic (exact) mass is 416 g/mol. The van der Waals surface area contributed by atoms with Gasteiger partial charge in [0.15, 0.2) is 5.96 Å². The summed E-state index contributed by atoms with van der Waals surface area (Å²) in [5, 5.41) is 3.15. The standard InChI is InChI=1S/C17H28N4.HI/c1-14(2)12-16(21-10-6-7-11-21)13-19-17(18)20-15-8-4-3-5-9-15;/h3-5,8-9,14,16H,6-7,10-13H2,1-2H3,(H3,18,19,20);1H. The second kappa shape index (κ2) is 10.0. The van der Waals surface area contributed by atoms with Crippen LogP contribution in [0, 0.1) is 5.92 Å². The number of benzene rings is 1. The van der Waals surface area contributed by atoms with E-state index in [1.807, 2.05) is 30.3 Å². The number of rotatable bonds is 6.